The Morgan fingerprint density at radius 1 is 1.67 bits per heavy atom. The summed E-state index contributed by atoms with van der Waals surface area (Å²) in [6.07, 6.45) is 1.67. The van der Waals surface area contributed by atoms with Crippen molar-refractivity contribution < 1.29 is 5.11 Å². The molecule has 0 saturated carbocycles. The van der Waals surface area contributed by atoms with Gasteiger partial charge in [-0.3, -0.25) is 4.98 Å². The molecule has 0 aromatic carbocycles. The predicted octanol–water partition coefficient (Wildman–Crippen LogP) is 2.26. The molecule has 1 aromatic rings. The van der Waals surface area contributed by atoms with Gasteiger partial charge in [-0.15, -0.1) is 11.6 Å². The topological polar surface area (TPSA) is 33.1 Å². The van der Waals surface area contributed by atoms with Gasteiger partial charge < -0.3 is 5.11 Å². The van der Waals surface area contributed by atoms with Crippen LogP contribution >= 0.6 is 24.2 Å². The smallest absolute Gasteiger partial charge is 0.141 e. The summed E-state index contributed by atoms with van der Waals surface area (Å²) in [5.74, 6) is 1.05. The first kappa shape index (κ1) is 9.68. The fourth-order valence-corrected chi connectivity index (χ4v) is 1.56. The summed E-state index contributed by atoms with van der Waals surface area (Å²) in [6.45, 7) is 1.75. The Hall–Kier alpha value is -0.410. The number of thiol groups is 1. The minimum atomic E-state index is 0.211. The quantitative estimate of drug-likeness (QED) is 0.571. The Labute approximate surface area is 82.0 Å². The van der Waals surface area contributed by atoms with Crippen LogP contribution in [0.2, 0.25) is 0 Å². The van der Waals surface area contributed by atoms with Crippen molar-refractivity contribution in [3.8, 4) is 5.75 Å². The Morgan fingerprint density at radius 2 is 2.33 bits per heavy atom. The van der Waals surface area contributed by atoms with Crippen molar-refractivity contribution in [2.45, 2.75) is 18.6 Å². The van der Waals surface area contributed by atoms with E-state index in [4.69, 9.17) is 11.6 Å². The monoisotopic (exact) mass is 203 g/mol. The van der Waals surface area contributed by atoms with E-state index in [1.54, 1.807) is 13.1 Å². The Morgan fingerprint density at radius 3 is 2.83 bits per heavy atom. The first-order chi connectivity index (χ1) is 5.70. The molecule has 0 aliphatic heterocycles. The van der Waals surface area contributed by atoms with Gasteiger partial charge in [0.2, 0.25) is 0 Å². The molecule has 0 amide bonds. The maximum Gasteiger partial charge on any atom is 0.141 e. The first-order valence-electron chi connectivity index (χ1n) is 3.53. The van der Waals surface area contributed by atoms with E-state index in [2.05, 4.69) is 17.6 Å². The summed E-state index contributed by atoms with van der Waals surface area (Å²) < 4.78 is 0. The Kier molecular flexibility index (Phi) is 3.23. The van der Waals surface area contributed by atoms with Crippen LogP contribution in [-0.4, -0.2) is 10.1 Å². The summed E-state index contributed by atoms with van der Waals surface area (Å²) >= 11 is 9.75. The largest absolute Gasteiger partial charge is 0.506 e. The number of nitrogens with zero attached hydrogens (tertiary/aromatic N) is 1. The molecule has 0 aliphatic rings. The number of hydrogen-bond donors (Lipinski definition) is 2. The molecule has 1 rings (SSSR count). The van der Waals surface area contributed by atoms with E-state index in [-0.39, 0.29) is 5.75 Å². The van der Waals surface area contributed by atoms with E-state index in [9.17, 15) is 5.11 Å². The fourth-order valence-electron chi connectivity index (χ4n) is 0.976. The number of aryl methyl sites for hydroxylation is 1. The molecule has 1 aromatic heterocycles. The third-order valence-electron chi connectivity index (χ3n) is 1.73. The third-order valence-corrected chi connectivity index (χ3v) is 2.34. The summed E-state index contributed by atoms with van der Waals surface area (Å²) in [5, 5.41) is 9.54. The molecule has 12 heavy (non-hydrogen) atoms. The van der Waals surface area contributed by atoms with Gasteiger partial charge in [0.25, 0.3) is 0 Å². The van der Waals surface area contributed by atoms with Crippen LogP contribution in [-0.2, 0) is 11.6 Å². The van der Waals surface area contributed by atoms with E-state index < -0.39 is 0 Å². The van der Waals surface area contributed by atoms with Crippen molar-refractivity contribution in [3.63, 3.8) is 0 Å². The lowest BCUT2D eigenvalue weighted by molar-refractivity contribution is 0.462. The Bertz CT molecular complexity index is 291. The van der Waals surface area contributed by atoms with Crippen molar-refractivity contribution in [3.05, 3.63) is 23.0 Å². The maximum absolute atomic E-state index is 9.54. The minimum absolute atomic E-state index is 0.211. The maximum atomic E-state index is 9.54. The van der Waals surface area contributed by atoms with E-state index in [0.29, 0.717) is 17.3 Å². The molecule has 0 bridgehead atoms. The van der Waals surface area contributed by atoms with Crippen LogP contribution in [0.4, 0.5) is 0 Å². The van der Waals surface area contributed by atoms with Crippen molar-refractivity contribution in [1.29, 1.82) is 0 Å². The van der Waals surface area contributed by atoms with Crippen LogP contribution in [0.3, 0.4) is 0 Å². The second kappa shape index (κ2) is 4.01. The number of hydrogen-bond acceptors (Lipinski definition) is 3. The highest BCUT2D eigenvalue weighted by atomic mass is 35.5. The lowest BCUT2D eigenvalue weighted by Gasteiger charge is -2.07. The van der Waals surface area contributed by atoms with Gasteiger partial charge >= 0.3 is 0 Å². The van der Waals surface area contributed by atoms with Crippen molar-refractivity contribution >= 4 is 24.2 Å². The highest BCUT2D eigenvalue weighted by molar-refractivity contribution is 7.79. The molecule has 4 heteroatoms. The minimum Gasteiger partial charge on any atom is -0.506 e. The van der Waals surface area contributed by atoms with Gasteiger partial charge in [0.1, 0.15) is 5.75 Å². The number of halogens is 1. The summed E-state index contributed by atoms with van der Waals surface area (Å²) in [5.41, 5.74) is 2.24. The van der Waals surface area contributed by atoms with Gasteiger partial charge in [-0.1, -0.05) is 0 Å². The van der Waals surface area contributed by atoms with Gasteiger partial charge in [-0.25, -0.2) is 0 Å². The lowest BCUT2D eigenvalue weighted by atomic mass is 10.1. The van der Waals surface area contributed by atoms with Crippen LogP contribution in [0, 0.1) is 6.92 Å². The van der Waals surface area contributed by atoms with Crippen LogP contribution in [0.15, 0.2) is 6.20 Å². The third kappa shape index (κ3) is 1.67. The zero-order chi connectivity index (χ0) is 9.14. The molecule has 0 aliphatic carbocycles. The van der Waals surface area contributed by atoms with Gasteiger partial charge in [-0.2, -0.15) is 12.6 Å². The van der Waals surface area contributed by atoms with Crippen LogP contribution in [0.1, 0.15) is 16.8 Å². The molecule has 0 radical (unpaired) electrons. The SMILES string of the molecule is Cc1ncc(CCl)c(CS)c1O. The summed E-state index contributed by atoms with van der Waals surface area (Å²) in [7, 11) is 0. The molecule has 0 saturated heterocycles. The number of rotatable bonds is 2. The number of aromatic nitrogens is 1. The zero-order valence-electron chi connectivity index (χ0n) is 6.71. The van der Waals surface area contributed by atoms with E-state index >= 15 is 0 Å². The van der Waals surface area contributed by atoms with Crippen molar-refractivity contribution in [2.75, 3.05) is 0 Å². The summed E-state index contributed by atoms with van der Waals surface area (Å²) in [4.78, 5) is 3.99. The Balaban J connectivity index is 3.25. The van der Waals surface area contributed by atoms with Gasteiger partial charge in [0, 0.05) is 23.4 Å². The number of pyridine rings is 1. The van der Waals surface area contributed by atoms with Gasteiger partial charge in [0.15, 0.2) is 0 Å². The van der Waals surface area contributed by atoms with E-state index in [1.165, 1.54) is 0 Å². The predicted molar refractivity (Wildman–Crippen MR) is 52.9 cm³/mol. The average molecular weight is 204 g/mol. The molecule has 1 N–H and O–H groups in total. The normalized spacial score (nSPS) is 10.2. The van der Waals surface area contributed by atoms with Crippen molar-refractivity contribution in [1.82, 2.24) is 4.98 Å². The second-order valence-electron chi connectivity index (χ2n) is 2.49. The number of alkyl halides is 1. The van der Waals surface area contributed by atoms with Crippen LogP contribution < -0.4 is 0 Å². The average Bonchev–Trinajstić information content (AvgIpc) is 2.09. The molecule has 2 nitrogen and oxygen atoms in total. The molecule has 0 atom stereocenters. The first-order valence-corrected chi connectivity index (χ1v) is 4.70. The number of aromatic hydroxyl groups is 1. The molecule has 0 spiro atoms. The summed E-state index contributed by atoms with van der Waals surface area (Å²) in [6, 6.07) is 0. The second-order valence-corrected chi connectivity index (χ2v) is 3.07. The van der Waals surface area contributed by atoms with Gasteiger partial charge in [0.05, 0.1) is 5.69 Å². The van der Waals surface area contributed by atoms with Crippen LogP contribution in [0.5, 0.6) is 5.75 Å². The van der Waals surface area contributed by atoms with Crippen molar-refractivity contribution in [2.24, 2.45) is 0 Å². The molecule has 0 unspecified atom stereocenters. The molecule has 66 valence electrons. The zero-order valence-corrected chi connectivity index (χ0v) is 8.36. The highest BCUT2D eigenvalue weighted by Gasteiger charge is 2.08. The standard InChI is InChI=1S/C8H10ClNOS/c1-5-8(11)7(4-12)6(2-9)3-10-5/h3,11-12H,2,4H2,1H3. The van der Waals surface area contributed by atoms with Crippen LogP contribution in [0.25, 0.3) is 0 Å². The van der Waals surface area contributed by atoms with Gasteiger partial charge in [-0.05, 0) is 12.5 Å². The lowest BCUT2D eigenvalue weighted by Crippen LogP contribution is -1.94. The molecular formula is C8H10ClNOS. The molecule has 1 heterocycles. The molecular weight excluding hydrogens is 194 g/mol. The fraction of sp³-hybridized carbons (Fsp3) is 0.375. The van der Waals surface area contributed by atoms with E-state index in [1.807, 2.05) is 0 Å². The van der Waals surface area contributed by atoms with E-state index in [0.717, 1.165) is 11.1 Å². The highest BCUT2D eigenvalue weighted by Crippen LogP contribution is 2.25. The molecule has 0 fully saturated rings.